The van der Waals surface area contributed by atoms with Crippen LogP contribution in [0.15, 0.2) is 0 Å². The third-order valence-electron chi connectivity index (χ3n) is 5.89. The highest BCUT2D eigenvalue weighted by atomic mass is 79.9. The van der Waals surface area contributed by atoms with E-state index < -0.39 is 13.9 Å². The fraction of sp³-hybridized carbons (Fsp3) is 1.00. The quantitative estimate of drug-likeness (QED) is 0.0839. The first-order valence-corrected chi connectivity index (χ1v) is 15.6. The summed E-state index contributed by atoms with van der Waals surface area (Å²) >= 11 is 3.14. The molecule has 0 saturated carbocycles. The van der Waals surface area contributed by atoms with Crippen molar-refractivity contribution in [3.05, 3.63) is 0 Å². The van der Waals surface area contributed by atoms with Crippen molar-refractivity contribution in [3.8, 4) is 0 Å². The van der Waals surface area contributed by atoms with E-state index >= 15 is 0 Å². The first-order valence-electron chi connectivity index (χ1n) is 13.0. The maximum atomic E-state index is 11.9. The van der Waals surface area contributed by atoms with E-state index in [1.165, 1.54) is 83.5 Å². The van der Waals surface area contributed by atoms with Crippen LogP contribution in [0.3, 0.4) is 0 Å². The maximum absolute atomic E-state index is 11.9. The zero-order valence-electron chi connectivity index (χ0n) is 20.3. The maximum Gasteiger partial charge on any atom is 0.268 e. The van der Waals surface area contributed by atoms with Gasteiger partial charge in [-0.2, -0.15) is 0 Å². The van der Waals surface area contributed by atoms with Crippen molar-refractivity contribution in [1.82, 2.24) is 0 Å². The van der Waals surface area contributed by atoms with Gasteiger partial charge in [0.1, 0.15) is 6.10 Å². The number of hydrogen-bond donors (Lipinski definition) is 0. The lowest BCUT2D eigenvalue weighted by atomic mass is 10.0. The number of rotatable bonds is 22. The Bertz CT molecular complexity index is 468. The summed E-state index contributed by atoms with van der Waals surface area (Å²) in [6.45, 7) is 3.99. The predicted octanol–water partition coefficient (Wildman–Crippen LogP) is 6.93. The molecule has 0 aromatic heterocycles. The van der Waals surface area contributed by atoms with Crippen molar-refractivity contribution in [3.63, 3.8) is 0 Å². The SMILES string of the molecule is CCCCCCCCCCCCCCCCOC[C@@H]1OCCC[C@H]1OP(=O)([O-])OCCBr. The van der Waals surface area contributed by atoms with Crippen molar-refractivity contribution in [2.24, 2.45) is 0 Å². The number of hydrogen-bond acceptors (Lipinski definition) is 6. The van der Waals surface area contributed by atoms with Crippen LogP contribution in [0.4, 0.5) is 0 Å². The first kappa shape index (κ1) is 30.5. The second-order valence-corrected chi connectivity index (χ2v) is 11.0. The second kappa shape index (κ2) is 20.8. The lowest BCUT2D eigenvalue weighted by molar-refractivity contribution is -0.237. The van der Waals surface area contributed by atoms with Crippen LogP contribution in [0.1, 0.15) is 110 Å². The fourth-order valence-corrected chi connectivity index (χ4v) is 5.39. The molecule has 0 spiro atoms. The van der Waals surface area contributed by atoms with Crippen molar-refractivity contribution >= 4 is 23.8 Å². The van der Waals surface area contributed by atoms with E-state index in [1.54, 1.807) is 0 Å². The van der Waals surface area contributed by atoms with Crippen LogP contribution < -0.4 is 4.89 Å². The molecule has 192 valence electrons. The lowest BCUT2D eigenvalue weighted by Crippen LogP contribution is -2.40. The molecule has 0 aliphatic carbocycles. The van der Waals surface area contributed by atoms with Crippen LogP contribution in [0.25, 0.3) is 0 Å². The zero-order valence-corrected chi connectivity index (χ0v) is 22.8. The normalized spacial score (nSPS) is 21.0. The van der Waals surface area contributed by atoms with E-state index in [0.717, 1.165) is 12.8 Å². The zero-order chi connectivity index (χ0) is 23.3. The Hall–Kier alpha value is 0.510. The van der Waals surface area contributed by atoms with Crippen LogP contribution in [0.5, 0.6) is 0 Å². The molecule has 0 bridgehead atoms. The molecule has 1 aliphatic rings. The summed E-state index contributed by atoms with van der Waals surface area (Å²) in [6, 6.07) is 0. The third-order valence-corrected chi connectivity index (χ3v) is 7.25. The van der Waals surface area contributed by atoms with Crippen molar-refractivity contribution < 1.29 is 28.0 Å². The Morgan fingerprint density at radius 3 is 2.03 bits per heavy atom. The molecular weight excluding hydrogens is 495 g/mol. The molecule has 1 aliphatic heterocycles. The first-order chi connectivity index (χ1) is 15.6. The molecule has 1 rings (SSSR count). The molecule has 1 heterocycles. The summed E-state index contributed by atoms with van der Waals surface area (Å²) in [5.74, 6) is 0. The van der Waals surface area contributed by atoms with Crippen molar-refractivity contribution in [2.75, 3.05) is 31.8 Å². The third kappa shape index (κ3) is 17.0. The van der Waals surface area contributed by atoms with Gasteiger partial charge in [0.15, 0.2) is 0 Å². The molecule has 8 heteroatoms. The van der Waals surface area contributed by atoms with Crippen LogP contribution >= 0.6 is 23.8 Å². The summed E-state index contributed by atoms with van der Waals surface area (Å²) < 4.78 is 33.4. The summed E-state index contributed by atoms with van der Waals surface area (Å²) in [6.07, 6.45) is 19.2. The van der Waals surface area contributed by atoms with Gasteiger partial charge >= 0.3 is 0 Å². The molecule has 3 atom stereocenters. The Kier molecular flexibility index (Phi) is 19.9. The summed E-state index contributed by atoms with van der Waals surface area (Å²) in [7, 11) is -4.31. The monoisotopic (exact) mass is 541 g/mol. The van der Waals surface area contributed by atoms with Gasteiger partial charge in [0.2, 0.25) is 0 Å². The number of halogens is 1. The van der Waals surface area contributed by atoms with Crippen LogP contribution in [0.2, 0.25) is 0 Å². The van der Waals surface area contributed by atoms with Crippen LogP contribution in [0, 0.1) is 0 Å². The van der Waals surface area contributed by atoms with E-state index in [4.69, 9.17) is 18.5 Å². The number of ether oxygens (including phenoxy) is 2. The van der Waals surface area contributed by atoms with Crippen molar-refractivity contribution in [1.29, 1.82) is 0 Å². The van der Waals surface area contributed by atoms with Crippen LogP contribution in [-0.4, -0.2) is 44.0 Å². The predicted molar refractivity (Wildman–Crippen MR) is 132 cm³/mol. The molecule has 1 unspecified atom stereocenters. The number of phosphoric ester groups is 1. The second-order valence-electron chi connectivity index (χ2n) is 8.84. The largest absolute Gasteiger partial charge is 0.756 e. The van der Waals surface area contributed by atoms with Crippen LogP contribution in [-0.2, 0) is 23.1 Å². The number of phosphoric acid groups is 1. The Labute approximate surface area is 205 Å². The van der Waals surface area contributed by atoms with E-state index in [-0.39, 0.29) is 12.7 Å². The average molecular weight is 543 g/mol. The molecule has 1 fully saturated rings. The summed E-state index contributed by atoms with van der Waals surface area (Å²) in [5, 5.41) is 0.440. The van der Waals surface area contributed by atoms with Gasteiger partial charge in [-0.25, -0.2) is 0 Å². The van der Waals surface area contributed by atoms with Gasteiger partial charge in [0.25, 0.3) is 7.82 Å². The molecule has 0 aromatic carbocycles. The summed E-state index contributed by atoms with van der Waals surface area (Å²) in [4.78, 5) is 11.9. The minimum Gasteiger partial charge on any atom is -0.756 e. The highest BCUT2D eigenvalue weighted by molar-refractivity contribution is 9.09. The van der Waals surface area contributed by atoms with Gasteiger partial charge in [0, 0.05) is 18.5 Å². The molecule has 32 heavy (non-hydrogen) atoms. The topological polar surface area (TPSA) is 77.1 Å². The Morgan fingerprint density at radius 2 is 1.47 bits per heavy atom. The van der Waals surface area contributed by atoms with Crippen molar-refractivity contribution in [2.45, 2.75) is 122 Å². The van der Waals surface area contributed by atoms with Gasteiger partial charge in [-0.1, -0.05) is 106 Å². The van der Waals surface area contributed by atoms with Gasteiger partial charge in [-0.15, -0.1) is 0 Å². The Morgan fingerprint density at radius 1 is 0.906 bits per heavy atom. The fourth-order valence-electron chi connectivity index (χ4n) is 4.03. The number of unbranched alkanes of at least 4 members (excludes halogenated alkanes) is 13. The Balaban J connectivity index is 1.95. The van der Waals surface area contributed by atoms with E-state index in [9.17, 15) is 9.46 Å². The lowest BCUT2D eigenvalue weighted by Gasteiger charge is -2.35. The molecule has 0 N–H and O–H groups in total. The molecular formula is C24H47BrO6P-. The van der Waals surface area contributed by atoms with Gasteiger partial charge in [0.05, 0.1) is 19.3 Å². The van der Waals surface area contributed by atoms with Gasteiger partial charge in [-0.3, -0.25) is 4.57 Å². The molecule has 0 amide bonds. The molecule has 0 radical (unpaired) electrons. The molecule has 0 aromatic rings. The molecule has 1 saturated heterocycles. The summed E-state index contributed by atoms with van der Waals surface area (Å²) in [5.41, 5.74) is 0. The van der Waals surface area contributed by atoms with E-state index in [0.29, 0.717) is 31.6 Å². The standard InChI is InChI=1S/C24H48BrO6P/c1-2-3-4-5-6-7-8-9-10-11-12-13-14-15-19-28-22-24-23(17-16-20-29-24)31-32(26,27)30-21-18-25/h23-24H,2-22H2,1H3,(H,26,27)/p-1/t23-,24+/m1/s1. The van der Waals surface area contributed by atoms with E-state index in [2.05, 4.69) is 22.9 Å². The minimum atomic E-state index is -4.31. The highest BCUT2D eigenvalue weighted by Crippen LogP contribution is 2.42. The number of alkyl halides is 1. The van der Waals surface area contributed by atoms with E-state index in [1.807, 2.05) is 0 Å². The smallest absolute Gasteiger partial charge is 0.268 e. The van der Waals surface area contributed by atoms with Gasteiger partial charge < -0.3 is 23.4 Å². The minimum absolute atomic E-state index is 0.0641. The highest BCUT2D eigenvalue weighted by Gasteiger charge is 2.30. The molecule has 6 nitrogen and oxygen atoms in total. The van der Waals surface area contributed by atoms with Gasteiger partial charge in [-0.05, 0) is 19.3 Å². The average Bonchev–Trinajstić information content (AvgIpc) is 2.78.